The molecule has 0 amide bonds. The zero-order chi connectivity index (χ0) is 13.0. The van der Waals surface area contributed by atoms with Gasteiger partial charge in [-0.05, 0) is 12.3 Å². The highest BCUT2D eigenvalue weighted by molar-refractivity contribution is 5.89. The van der Waals surface area contributed by atoms with Crippen LogP contribution in [-0.2, 0) is 4.74 Å². The summed E-state index contributed by atoms with van der Waals surface area (Å²) >= 11 is 0. The molecule has 3 nitrogen and oxygen atoms in total. The summed E-state index contributed by atoms with van der Waals surface area (Å²) in [7, 11) is 1.64. The van der Waals surface area contributed by atoms with E-state index in [4.69, 9.17) is 9.47 Å². The van der Waals surface area contributed by atoms with Crippen LogP contribution >= 0.6 is 0 Å². The summed E-state index contributed by atoms with van der Waals surface area (Å²) in [5.41, 5.74) is 0.810. The van der Waals surface area contributed by atoms with Crippen molar-refractivity contribution >= 4 is 10.8 Å². The van der Waals surface area contributed by atoms with Crippen molar-refractivity contribution in [2.75, 3.05) is 20.3 Å². The summed E-state index contributed by atoms with van der Waals surface area (Å²) in [6.45, 7) is 2.75. The van der Waals surface area contributed by atoms with E-state index in [-0.39, 0.29) is 0 Å². The molecule has 3 heteroatoms. The number of hydrogen-bond acceptors (Lipinski definition) is 3. The summed E-state index contributed by atoms with van der Waals surface area (Å²) < 4.78 is 10.8. The van der Waals surface area contributed by atoms with Gasteiger partial charge in [0.25, 0.3) is 0 Å². The van der Waals surface area contributed by atoms with Crippen LogP contribution in [0.1, 0.15) is 18.6 Å². The van der Waals surface area contributed by atoms with Gasteiger partial charge in [-0.3, -0.25) is 0 Å². The van der Waals surface area contributed by atoms with Crippen molar-refractivity contribution < 1.29 is 14.6 Å². The van der Waals surface area contributed by atoms with E-state index >= 15 is 0 Å². The van der Waals surface area contributed by atoms with Crippen molar-refractivity contribution in [3.8, 4) is 5.75 Å². The quantitative estimate of drug-likeness (QED) is 0.824. The molecule has 0 spiro atoms. The third-order valence-corrected chi connectivity index (χ3v) is 2.89. The van der Waals surface area contributed by atoms with Crippen molar-refractivity contribution in [1.82, 2.24) is 0 Å². The van der Waals surface area contributed by atoms with Crippen LogP contribution in [0.4, 0.5) is 0 Å². The SMILES string of the molecule is COCCOc1c([C@H](C)O)ccc2ccccc12. The van der Waals surface area contributed by atoms with Gasteiger partial charge in [0, 0.05) is 18.1 Å². The molecular weight excluding hydrogens is 228 g/mol. The van der Waals surface area contributed by atoms with Gasteiger partial charge in [0.1, 0.15) is 12.4 Å². The van der Waals surface area contributed by atoms with Gasteiger partial charge >= 0.3 is 0 Å². The smallest absolute Gasteiger partial charge is 0.133 e. The van der Waals surface area contributed by atoms with E-state index in [9.17, 15) is 5.11 Å². The van der Waals surface area contributed by atoms with Gasteiger partial charge in [-0.25, -0.2) is 0 Å². The lowest BCUT2D eigenvalue weighted by molar-refractivity contribution is 0.142. The number of hydrogen-bond donors (Lipinski definition) is 1. The van der Waals surface area contributed by atoms with E-state index in [2.05, 4.69) is 0 Å². The van der Waals surface area contributed by atoms with Crippen molar-refractivity contribution in [1.29, 1.82) is 0 Å². The number of aliphatic hydroxyl groups excluding tert-OH is 1. The van der Waals surface area contributed by atoms with E-state index in [1.165, 1.54) is 0 Å². The molecule has 0 aliphatic rings. The third-order valence-electron chi connectivity index (χ3n) is 2.89. The Balaban J connectivity index is 2.45. The summed E-state index contributed by atoms with van der Waals surface area (Å²) in [5.74, 6) is 0.750. The number of rotatable bonds is 5. The van der Waals surface area contributed by atoms with Crippen LogP contribution in [0.5, 0.6) is 5.75 Å². The molecule has 0 unspecified atom stereocenters. The van der Waals surface area contributed by atoms with Gasteiger partial charge in [-0.1, -0.05) is 36.4 Å². The Labute approximate surface area is 107 Å². The summed E-state index contributed by atoms with van der Waals surface area (Å²) in [6.07, 6.45) is -0.549. The highest BCUT2D eigenvalue weighted by Gasteiger charge is 2.12. The van der Waals surface area contributed by atoms with E-state index in [1.54, 1.807) is 14.0 Å². The first kappa shape index (κ1) is 12.9. The molecule has 2 aromatic carbocycles. The van der Waals surface area contributed by atoms with Crippen LogP contribution in [0.25, 0.3) is 10.8 Å². The molecule has 0 fully saturated rings. The second-order valence-electron chi connectivity index (χ2n) is 4.22. The average Bonchev–Trinajstić information content (AvgIpc) is 2.38. The van der Waals surface area contributed by atoms with E-state index in [0.717, 1.165) is 22.1 Å². The lowest BCUT2D eigenvalue weighted by atomic mass is 10.0. The normalized spacial score (nSPS) is 12.6. The fraction of sp³-hybridized carbons (Fsp3) is 0.333. The number of ether oxygens (including phenoxy) is 2. The first-order chi connectivity index (χ1) is 8.74. The molecule has 0 saturated heterocycles. The van der Waals surface area contributed by atoms with Crippen molar-refractivity contribution in [3.63, 3.8) is 0 Å². The molecule has 0 aliphatic heterocycles. The standard InChI is InChI=1S/C15H18O3/c1-11(16)13-8-7-12-5-3-4-6-14(12)15(13)18-10-9-17-2/h3-8,11,16H,9-10H2,1-2H3/t11-/m0/s1. The Bertz CT molecular complexity index is 520. The summed E-state index contributed by atoms with van der Waals surface area (Å²) in [5, 5.41) is 11.9. The first-order valence-corrected chi connectivity index (χ1v) is 6.05. The average molecular weight is 246 g/mol. The minimum absolute atomic E-state index is 0.476. The van der Waals surface area contributed by atoms with Crippen LogP contribution in [0.3, 0.4) is 0 Å². The van der Waals surface area contributed by atoms with E-state index in [1.807, 2.05) is 36.4 Å². The number of fused-ring (bicyclic) bond motifs is 1. The van der Waals surface area contributed by atoms with Gasteiger partial charge < -0.3 is 14.6 Å². The Morgan fingerprint density at radius 1 is 1.11 bits per heavy atom. The fourth-order valence-electron chi connectivity index (χ4n) is 1.98. The largest absolute Gasteiger partial charge is 0.490 e. The Kier molecular flexibility index (Phi) is 4.18. The van der Waals surface area contributed by atoms with Crippen molar-refractivity contribution in [2.24, 2.45) is 0 Å². The molecule has 1 N–H and O–H groups in total. The molecule has 96 valence electrons. The van der Waals surface area contributed by atoms with Crippen LogP contribution in [0.2, 0.25) is 0 Å². The second kappa shape index (κ2) is 5.85. The Hall–Kier alpha value is -1.58. The molecule has 0 saturated carbocycles. The monoisotopic (exact) mass is 246 g/mol. The molecule has 0 bridgehead atoms. The predicted molar refractivity (Wildman–Crippen MR) is 72.0 cm³/mol. The van der Waals surface area contributed by atoms with E-state index in [0.29, 0.717) is 13.2 Å². The van der Waals surface area contributed by atoms with E-state index < -0.39 is 6.10 Å². The van der Waals surface area contributed by atoms with Crippen molar-refractivity contribution in [3.05, 3.63) is 42.0 Å². The van der Waals surface area contributed by atoms with Gasteiger partial charge in [0.2, 0.25) is 0 Å². The van der Waals surface area contributed by atoms with Crippen LogP contribution in [0, 0.1) is 0 Å². The minimum Gasteiger partial charge on any atom is -0.490 e. The maximum Gasteiger partial charge on any atom is 0.133 e. The second-order valence-corrected chi connectivity index (χ2v) is 4.22. The summed E-state index contributed by atoms with van der Waals surface area (Å²) in [6, 6.07) is 11.9. The molecule has 0 heterocycles. The van der Waals surface area contributed by atoms with Crippen molar-refractivity contribution in [2.45, 2.75) is 13.0 Å². The summed E-state index contributed by atoms with van der Waals surface area (Å²) in [4.78, 5) is 0. The molecule has 2 aromatic rings. The lowest BCUT2D eigenvalue weighted by Crippen LogP contribution is -2.07. The minimum atomic E-state index is -0.549. The Morgan fingerprint density at radius 2 is 1.89 bits per heavy atom. The van der Waals surface area contributed by atoms with Crippen LogP contribution < -0.4 is 4.74 Å². The third kappa shape index (κ3) is 2.63. The first-order valence-electron chi connectivity index (χ1n) is 6.05. The highest BCUT2D eigenvalue weighted by Crippen LogP contribution is 2.33. The molecule has 0 aliphatic carbocycles. The number of benzene rings is 2. The predicted octanol–water partition coefficient (Wildman–Crippen LogP) is 2.92. The molecule has 0 aromatic heterocycles. The van der Waals surface area contributed by atoms with Crippen LogP contribution in [-0.4, -0.2) is 25.4 Å². The molecule has 2 rings (SSSR count). The number of methoxy groups -OCH3 is 1. The maximum absolute atomic E-state index is 9.81. The molecular formula is C15H18O3. The lowest BCUT2D eigenvalue weighted by Gasteiger charge is -2.16. The highest BCUT2D eigenvalue weighted by atomic mass is 16.5. The molecule has 1 atom stereocenters. The Morgan fingerprint density at radius 3 is 2.61 bits per heavy atom. The number of aliphatic hydroxyl groups is 1. The van der Waals surface area contributed by atoms with Gasteiger partial charge in [-0.15, -0.1) is 0 Å². The fourth-order valence-corrected chi connectivity index (χ4v) is 1.98. The van der Waals surface area contributed by atoms with Gasteiger partial charge in [-0.2, -0.15) is 0 Å². The zero-order valence-corrected chi connectivity index (χ0v) is 10.7. The topological polar surface area (TPSA) is 38.7 Å². The van der Waals surface area contributed by atoms with Gasteiger partial charge in [0.05, 0.1) is 12.7 Å². The maximum atomic E-state index is 9.81. The zero-order valence-electron chi connectivity index (χ0n) is 10.7. The van der Waals surface area contributed by atoms with Gasteiger partial charge in [0.15, 0.2) is 0 Å². The van der Waals surface area contributed by atoms with Crippen LogP contribution in [0.15, 0.2) is 36.4 Å². The molecule has 18 heavy (non-hydrogen) atoms. The molecule has 0 radical (unpaired) electrons.